The highest BCUT2D eigenvalue weighted by molar-refractivity contribution is 6.56. The normalized spacial score (nSPS) is 17.7. The van der Waals surface area contributed by atoms with Crippen molar-refractivity contribution in [2.24, 2.45) is 0 Å². The zero-order valence-corrected chi connectivity index (χ0v) is 22.5. The number of aromatic nitrogens is 1. The first-order valence-corrected chi connectivity index (χ1v) is 12.9. The molecule has 1 amide bonds. The predicted molar refractivity (Wildman–Crippen MR) is 149 cm³/mol. The summed E-state index contributed by atoms with van der Waals surface area (Å²) < 4.78 is 18.2. The highest BCUT2D eigenvalue weighted by Crippen LogP contribution is 2.44. The van der Waals surface area contributed by atoms with Crippen LogP contribution in [0.25, 0.3) is 17.2 Å². The van der Waals surface area contributed by atoms with Gasteiger partial charge in [0, 0.05) is 24.2 Å². The lowest BCUT2D eigenvalue weighted by molar-refractivity contribution is 0.00578. The first-order chi connectivity index (χ1) is 18.1. The van der Waals surface area contributed by atoms with Gasteiger partial charge in [0.15, 0.2) is 0 Å². The van der Waals surface area contributed by atoms with Gasteiger partial charge in [0.1, 0.15) is 6.61 Å². The summed E-state index contributed by atoms with van der Waals surface area (Å²) >= 11 is 0. The number of nitrogens with one attached hydrogen (secondary N) is 2. The van der Waals surface area contributed by atoms with Crippen molar-refractivity contribution in [3.05, 3.63) is 98.9 Å². The number of hydrogen-bond acceptors (Lipinski definition) is 5. The number of benzene rings is 2. The number of rotatable bonds is 6. The highest BCUT2D eigenvalue weighted by Gasteiger charge is 2.52. The molecule has 0 unspecified atom stereocenters. The van der Waals surface area contributed by atoms with Crippen LogP contribution in [0.1, 0.15) is 55.9 Å². The van der Waals surface area contributed by atoms with Gasteiger partial charge in [-0.25, -0.2) is 4.79 Å². The number of aryl methyl sites for hydroxylation is 1. The van der Waals surface area contributed by atoms with E-state index in [4.69, 9.17) is 14.0 Å². The maximum absolute atomic E-state index is 12.9. The van der Waals surface area contributed by atoms with Gasteiger partial charge in [-0.3, -0.25) is 4.79 Å². The topological polar surface area (TPSA) is 89.7 Å². The van der Waals surface area contributed by atoms with Crippen LogP contribution in [0.4, 0.5) is 4.79 Å². The van der Waals surface area contributed by atoms with Crippen molar-refractivity contribution in [1.29, 1.82) is 0 Å². The second-order valence-electron chi connectivity index (χ2n) is 10.9. The summed E-state index contributed by atoms with van der Waals surface area (Å²) in [5.41, 5.74) is 5.54. The molecule has 0 radical (unpaired) electrons. The van der Waals surface area contributed by atoms with Gasteiger partial charge in [0.25, 0.3) is 5.56 Å². The van der Waals surface area contributed by atoms with Gasteiger partial charge in [-0.1, -0.05) is 54.6 Å². The molecule has 38 heavy (non-hydrogen) atoms. The number of pyridine rings is 1. The van der Waals surface area contributed by atoms with E-state index in [2.05, 4.69) is 34.6 Å². The molecule has 5 rings (SSSR count). The van der Waals surface area contributed by atoms with Crippen LogP contribution in [0.3, 0.4) is 0 Å². The van der Waals surface area contributed by atoms with E-state index in [0.717, 1.165) is 16.7 Å². The van der Waals surface area contributed by atoms with E-state index in [0.29, 0.717) is 11.0 Å². The van der Waals surface area contributed by atoms with Crippen molar-refractivity contribution < 1.29 is 18.8 Å². The Hall–Kier alpha value is -3.62. The van der Waals surface area contributed by atoms with Crippen LogP contribution in [0, 0.1) is 6.92 Å². The lowest BCUT2D eigenvalue weighted by atomic mass is 9.77. The average Bonchev–Trinajstić information content (AvgIpc) is 3.31. The number of hydrogen-bond donors (Lipinski definition) is 2. The van der Waals surface area contributed by atoms with Crippen LogP contribution in [-0.4, -0.2) is 42.5 Å². The molecule has 0 saturated carbocycles. The van der Waals surface area contributed by atoms with Crippen molar-refractivity contribution in [3.63, 3.8) is 0 Å². The Kier molecular flexibility index (Phi) is 6.80. The number of aromatic amines is 1. The summed E-state index contributed by atoms with van der Waals surface area (Å²) in [6.45, 7) is 10.1. The van der Waals surface area contributed by atoms with Crippen molar-refractivity contribution in [2.45, 2.75) is 51.7 Å². The van der Waals surface area contributed by atoms with Gasteiger partial charge < -0.3 is 24.3 Å². The molecule has 1 aliphatic carbocycles. The van der Waals surface area contributed by atoms with Crippen LogP contribution >= 0.6 is 0 Å². The lowest BCUT2D eigenvalue weighted by Crippen LogP contribution is -2.41. The summed E-state index contributed by atoms with van der Waals surface area (Å²) in [7, 11) is -0.666. The fraction of sp³-hybridized carbons (Fsp3) is 0.333. The SMILES string of the molecule is Cc1cc(C=C(CNC(=O)OCC2c3ccccc3-c3ccccc32)B2OC(C)(C)C(C)(C)O2)c[nH]c1=O. The third-order valence-electron chi connectivity index (χ3n) is 7.80. The zero-order chi connectivity index (χ0) is 27.1. The molecular weight excluding hydrogens is 479 g/mol. The molecule has 1 fully saturated rings. The fourth-order valence-corrected chi connectivity index (χ4v) is 4.94. The zero-order valence-electron chi connectivity index (χ0n) is 22.5. The molecule has 3 aromatic rings. The van der Waals surface area contributed by atoms with E-state index < -0.39 is 24.4 Å². The number of amides is 1. The van der Waals surface area contributed by atoms with Crippen LogP contribution in [0.5, 0.6) is 0 Å². The highest BCUT2D eigenvalue weighted by atomic mass is 16.7. The Labute approximate surface area is 223 Å². The van der Waals surface area contributed by atoms with Crippen LogP contribution in [-0.2, 0) is 14.0 Å². The van der Waals surface area contributed by atoms with Gasteiger partial charge in [0.05, 0.1) is 11.2 Å². The van der Waals surface area contributed by atoms with E-state index in [1.54, 1.807) is 19.2 Å². The maximum atomic E-state index is 12.9. The molecule has 7 nitrogen and oxygen atoms in total. The van der Waals surface area contributed by atoms with Crippen molar-refractivity contribution in [2.75, 3.05) is 13.2 Å². The minimum atomic E-state index is -0.666. The Morgan fingerprint density at radius 2 is 1.61 bits per heavy atom. The number of ether oxygens (including phenoxy) is 1. The molecule has 1 saturated heterocycles. The molecule has 0 bridgehead atoms. The molecule has 2 aliphatic rings. The summed E-state index contributed by atoms with van der Waals surface area (Å²) in [5, 5.41) is 2.87. The fourth-order valence-electron chi connectivity index (χ4n) is 4.94. The molecule has 0 atom stereocenters. The minimum absolute atomic E-state index is 0.0182. The van der Waals surface area contributed by atoms with E-state index in [-0.39, 0.29) is 24.6 Å². The predicted octanol–water partition coefficient (Wildman–Crippen LogP) is 5.24. The molecule has 8 heteroatoms. The minimum Gasteiger partial charge on any atom is -0.449 e. The number of carbonyl (C=O) groups excluding carboxylic acids is 1. The number of H-pyrrole nitrogens is 1. The van der Waals surface area contributed by atoms with Gasteiger partial charge in [-0.2, -0.15) is 0 Å². The van der Waals surface area contributed by atoms with Crippen LogP contribution in [0.15, 0.2) is 71.1 Å². The second-order valence-corrected chi connectivity index (χ2v) is 10.9. The monoisotopic (exact) mass is 512 g/mol. The standard InChI is InChI=1S/C30H33BN2O5/c1-19-14-20(16-32-27(19)34)15-21(31-37-29(2,3)30(4,5)38-31)17-33-28(35)36-18-26-24-12-8-6-10-22(24)23-11-7-9-13-25(23)26/h6-16,26H,17-18H2,1-5H3,(H,32,34)(H,33,35). The first-order valence-electron chi connectivity index (χ1n) is 12.9. The molecule has 2 aromatic carbocycles. The number of fused-ring (bicyclic) bond motifs is 3. The summed E-state index contributed by atoms with van der Waals surface area (Å²) in [4.78, 5) is 27.4. The van der Waals surface area contributed by atoms with E-state index in [1.807, 2.05) is 58.0 Å². The Morgan fingerprint density at radius 1 is 1.03 bits per heavy atom. The summed E-state index contributed by atoms with van der Waals surface area (Å²) in [5.74, 6) is -0.0182. The van der Waals surface area contributed by atoms with E-state index in [9.17, 15) is 9.59 Å². The van der Waals surface area contributed by atoms with Gasteiger partial charge >= 0.3 is 13.2 Å². The molecule has 0 spiro atoms. The Morgan fingerprint density at radius 3 is 2.18 bits per heavy atom. The third kappa shape index (κ3) is 4.94. The third-order valence-corrected chi connectivity index (χ3v) is 7.80. The van der Waals surface area contributed by atoms with Gasteiger partial charge in [0.2, 0.25) is 0 Å². The first kappa shape index (κ1) is 26.0. The summed E-state index contributed by atoms with van der Waals surface area (Å²) in [6, 6.07) is 18.3. The van der Waals surface area contributed by atoms with Crippen molar-refractivity contribution >= 4 is 19.3 Å². The van der Waals surface area contributed by atoms with Gasteiger partial charge in [-0.05, 0) is 74.0 Å². The van der Waals surface area contributed by atoms with Crippen molar-refractivity contribution in [1.82, 2.24) is 10.3 Å². The Bertz CT molecular complexity index is 1400. The average molecular weight is 512 g/mol. The smallest absolute Gasteiger partial charge is 0.449 e. The van der Waals surface area contributed by atoms with Gasteiger partial charge in [-0.15, -0.1) is 0 Å². The largest absolute Gasteiger partial charge is 0.492 e. The molecule has 2 N–H and O–H groups in total. The Balaban J connectivity index is 1.31. The molecule has 2 heterocycles. The van der Waals surface area contributed by atoms with Crippen molar-refractivity contribution in [3.8, 4) is 11.1 Å². The van der Waals surface area contributed by atoms with E-state index in [1.165, 1.54) is 11.1 Å². The number of carbonyl (C=O) groups is 1. The second kappa shape index (κ2) is 9.93. The lowest BCUT2D eigenvalue weighted by Gasteiger charge is -2.32. The maximum Gasteiger partial charge on any atom is 0.492 e. The van der Waals surface area contributed by atoms with Crippen LogP contribution < -0.4 is 10.9 Å². The molecule has 1 aromatic heterocycles. The number of alkyl carbamates (subject to hydrolysis) is 1. The van der Waals surface area contributed by atoms with Crippen LogP contribution in [0.2, 0.25) is 0 Å². The quantitative estimate of drug-likeness (QED) is 0.441. The summed E-state index contributed by atoms with van der Waals surface area (Å²) in [6.07, 6.45) is 2.98. The molecular formula is C30H33BN2O5. The molecule has 1 aliphatic heterocycles. The van der Waals surface area contributed by atoms with E-state index >= 15 is 0 Å². The molecule has 196 valence electrons.